The van der Waals surface area contributed by atoms with Crippen LogP contribution in [0.15, 0.2) is 9.98 Å². The van der Waals surface area contributed by atoms with Crippen LogP contribution in [-0.2, 0) is 9.59 Å². The van der Waals surface area contributed by atoms with Gasteiger partial charge in [0.1, 0.15) is 5.71 Å². The molecule has 0 aromatic rings. The molecular weight excluding hydrogens is 156 g/mol. The molecule has 0 aromatic carbocycles. The summed E-state index contributed by atoms with van der Waals surface area (Å²) in [6, 6.07) is 0. The Hall–Kier alpha value is -1.32. The van der Waals surface area contributed by atoms with Gasteiger partial charge in [0, 0.05) is 0 Å². The van der Waals surface area contributed by atoms with Crippen LogP contribution in [0.5, 0.6) is 0 Å². The van der Waals surface area contributed by atoms with E-state index in [0.717, 1.165) is 0 Å². The van der Waals surface area contributed by atoms with Crippen molar-refractivity contribution in [3.05, 3.63) is 0 Å². The van der Waals surface area contributed by atoms with Gasteiger partial charge in [-0.05, 0) is 13.3 Å². The lowest BCUT2D eigenvalue weighted by molar-refractivity contribution is -0.111. The van der Waals surface area contributed by atoms with Gasteiger partial charge in [0.05, 0.1) is 5.71 Å². The van der Waals surface area contributed by atoms with Crippen molar-refractivity contribution < 1.29 is 9.59 Å². The summed E-state index contributed by atoms with van der Waals surface area (Å²) in [5, 5.41) is 0. The molecule has 0 N–H and O–H groups in total. The standard InChI is InChI=1S/C8H10N2O2/c1-3-8(5-12)9-6(2)7(4-11)10-8/h4-5H,3H2,1-2H3. The fraction of sp³-hybridized carbons (Fsp3) is 0.500. The van der Waals surface area contributed by atoms with Crippen LogP contribution >= 0.6 is 0 Å². The fourth-order valence-corrected chi connectivity index (χ4v) is 1.07. The predicted molar refractivity (Wildman–Crippen MR) is 45.7 cm³/mol. The highest BCUT2D eigenvalue weighted by atomic mass is 16.1. The first-order valence-corrected chi connectivity index (χ1v) is 3.75. The molecule has 0 fully saturated rings. The number of hydrogen-bond acceptors (Lipinski definition) is 4. The van der Waals surface area contributed by atoms with E-state index in [1.807, 2.05) is 6.92 Å². The summed E-state index contributed by atoms with van der Waals surface area (Å²) < 4.78 is 0. The molecule has 0 saturated heterocycles. The van der Waals surface area contributed by atoms with Crippen LogP contribution in [0.1, 0.15) is 20.3 Å². The maximum atomic E-state index is 10.6. The smallest absolute Gasteiger partial charge is 0.206 e. The molecule has 0 aliphatic carbocycles. The van der Waals surface area contributed by atoms with Gasteiger partial charge < -0.3 is 0 Å². The molecule has 64 valence electrons. The van der Waals surface area contributed by atoms with Crippen molar-refractivity contribution in [3.8, 4) is 0 Å². The molecule has 0 radical (unpaired) electrons. The van der Waals surface area contributed by atoms with E-state index in [-0.39, 0.29) is 5.71 Å². The molecule has 0 saturated carbocycles. The van der Waals surface area contributed by atoms with Crippen molar-refractivity contribution in [3.63, 3.8) is 0 Å². The predicted octanol–water partition coefficient (Wildman–Crippen LogP) is 0.406. The van der Waals surface area contributed by atoms with E-state index in [2.05, 4.69) is 9.98 Å². The lowest BCUT2D eigenvalue weighted by Crippen LogP contribution is -2.22. The Morgan fingerprint density at radius 1 is 1.42 bits per heavy atom. The third-order valence-corrected chi connectivity index (χ3v) is 1.87. The van der Waals surface area contributed by atoms with Crippen LogP contribution in [0.3, 0.4) is 0 Å². The van der Waals surface area contributed by atoms with Gasteiger partial charge in [0.15, 0.2) is 12.6 Å². The Morgan fingerprint density at radius 2 is 2.08 bits per heavy atom. The van der Waals surface area contributed by atoms with Crippen molar-refractivity contribution in [2.45, 2.75) is 25.9 Å². The molecule has 1 atom stereocenters. The number of hydrogen-bond donors (Lipinski definition) is 0. The van der Waals surface area contributed by atoms with Crippen LogP contribution < -0.4 is 0 Å². The van der Waals surface area contributed by atoms with E-state index < -0.39 is 5.66 Å². The van der Waals surface area contributed by atoms with Crippen LogP contribution in [0.25, 0.3) is 0 Å². The van der Waals surface area contributed by atoms with Crippen molar-refractivity contribution >= 4 is 24.0 Å². The number of carbonyl (C=O) groups is 2. The molecule has 4 heteroatoms. The molecule has 1 unspecified atom stereocenters. The first-order chi connectivity index (χ1) is 5.67. The van der Waals surface area contributed by atoms with Gasteiger partial charge in [-0.1, -0.05) is 6.92 Å². The number of carbonyl (C=O) groups excluding carboxylic acids is 2. The second-order valence-corrected chi connectivity index (χ2v) is 2.66. The molecule has 12 heavy (non-hydrogen) atoms. The van der Waals surface area contributed by atoms with E-state index in [1.54, 1.807) is 6.92 Å². The second kappa shape index (κ2) is 2.97. The lowest BCUT2D eigenvalue weighted by atomic mass is 10.1. The summed E-state index contributed by atoms with van der Waals surface area (Å²) in [5.74, 6) is 0. The first kappa shape index (κ1) is 8.77. The highest BCUT2D eigenvalue weighted by molar-refractivity contribution is 6.62. The largest absolute Gasteiger partial charge is 0.298 e. The normalized spacial score (nSPS) is 27.8. The molecule has 0 spiro atoms. The Bertz CT molecular complexity index is 281. The van der Waals surface area contributed by atoms with Gasteiger partial charge in [0.2, 0.25) is 5.66 Å². The van der Waals surface area contributed by atoms with Gasteiger partial charge >= 0.3 is 0 Å². The molecule has 0 amide bonds. The number of aldehydes is 2. The fourth-order valence-electron chi connectivity index (χ4n) is 1.07. The molecular formula is C8H10N2O2. The molecule has 0 bridgehead atoms. The summed E-state index contributed by atoms with van der Waals surface area (Å²) >= 11 is 0. The average molecular weight is 166 g/mol. The van der Waals surface area contributed by atoms with Crippen molar-refractivity contribution in [2.75, 3.05) is 0 Å². The quantitative estimate of drug-likeness (QED) is 0.570. The summed E-state index contributed by atoms with van der Waals surface area (Å²) in [4.78, 5) is 29.0. The molecule has 0 aromatic heterocycles. The van der Waals surface area contributed by atoms with Gasteiger partial charge in [-0.25, -0.2) is 4.99 Å². The molecule has 4 nitrogen and oxygen atoms in total. The second-order valence-electron chi connectivity index (χ2n) is 2.66. The zero-order valence-electron chi connectivity index (χ0n) is 7.07. The Balaban J connectivity index is 3.08. The molecule has 1 heterocycles. The van der Waals surface area contributed by atoms with E-state index >= 15 is 0 Å². The summed E-state index contributed by atoms with van der Waals surface area (Å²) in [6.45, 7) is 3.48. The van der Waals surface area contributed by atoms with E-state index in [9.17, 15) is 9.59 Å². The van der Waals surface area contributed by atoms with Crippen LogP contribution in [-0.4, -0.2) is 29.7 Å². The maximum Gasteiger partial charge on any atom is 0.206 e. The molecule has 1 aliphatic heterocycles. The van der Waals surface area contributed by atoms with Crippen LogP contribution in [0.2, 0.25) is 0 Å². The number of rotatable bonds is 3. The van der Waals surface area contributed by atoms with Crippen molar-refractivity contribution in [2.24, 2.45) is 9.98 Å². The minimum Gasteiger partial charge on any atom is -0.298 e. The Labute approximate surface area is 70.4 Å². The van der Waals surface area contributed by atoms with Gasteiger partial charge in [-0.15, -0.1) is 0 Å². The summed E-state index contributed by atoms with van der Waals surface area (Å²) in [6.07, 6.45) is 1.79. The zero-order valence-corrected chi connectivity index (χ0v) is 7.07. The van der Waals surface area contributed by atoms with E-state index in [4.69, 9.17) is 0 Å². The highest BCUT2D eigenvalue weighted by Gasteiger charge is 2.32. The molecule has 1 aliphatic rings. The van der Waals surface area contributed by atoms with Crippen LogP contribution in [0, 0.1) is 0 Å². The lowest BCUT2D eigenvalue weighted by Gasteiger charge is -2.11. The van der Waals surface area contributed by atoms with E-state index in [1.165, 1.54) is 0 Å². The first-order valence-electron chi connectivity index (χ1n) is 3.75. The zero-order chi connectivity index (χ0) is 9.19. The maximum absolute atomic E-state index is 10.6. The Morgan fingerprint density at radius 3 is 2.33 bits per heavy atom. The third kappa shape index (κ3) is 1.20. The van der Waals surface area contributed by atoms with E-state index in [0.29, 0.717) is 24.7 Å². The monoisotopic (exact) mass is 166 g/mol. The minimum absolute atomic E-state index is 0.281. The van der Waals surface area contributed by atoms with Gasteiger partial charge in [0.25, 0.3) is 0 Å². The minimum atomic E-state index is -1.01. The van der Waals surface area contributed by atoms with Crippen molar-refractivity contribution in [1.29, 1.82) is 0 Å². The van der Waals surface area contributed by atoms with Gasteiger partial charge in [-0.3, -0.25) is 14.6 Å². The van der Waals surface area contributed by atoms with Crippen molar-refractivity contribution in [1.82, 2.24) is 0 Å². The summed E-state index contributed by atoms with van der Waals surface area (Å²) in [7, 11) is 0. The average Bonchev–Trinajstić information content (AvgIpc) is 2.43. The number of nitrogens with zero attached hydrogens (tertiary/aromatic N) is 2. The summed E-state index contributed by atoms with van der Waals surface area (Å²) in [5.41, 5.74) is -0.191. The molecule has 1 rings (SSSR count). The number of aliphatic imine (C=N–C) groups is 2. The third-order valence-electron chi connectivity index (χ3n) is 1.87. The highest BCUT2D eigenvalue weighted by Crippen LogP contribution is 2.20. The van der Waals surface area contributed by atoms with Gasteiger partial charge in [-0.2, -0.15) is 0 Å². The SMILES string of the molecule is CCC1(C=O)N=C(C)C(C=O)=N1. The van der Waals surface area contributed by atoms with Crippen LogP contribution in [0.4, 0.5) is 0 Å². The Kier molecular flexibility index (Phi) is 2.17. The topological polar surface area (TPSA) is 58.9 Å².